The van der Waals surface area contributed by atoms with Crippen LogP contribution in [0.5, 0.6) is 0 Å². The van der Waals surface area contributed by atoms with Crippen LogP contribution in [0.15, 0.2) is 30.3 Å². The molecule has 0 saturated heterocycles. The molecule has 1 aromatic carbocycles. The Morgan fingerprint density at radius 3 is 2.56 bits per heavy atom. The first-order chi connectivity index (χ1) is 8.50. The summed E-state index contributed by atoms with van der Waals surface area (Å²) in [6, 6.07) is 8.66. The highest BCUT2D eigenvalue weighted by Gasteiger charge is 2.36. The number of ether oxygens (including phenoxy) is 2. The van der Waals surface area contributed by atoms with E-state index < -0.39 is 11.5 Å². The van der Waals surface area contributed by atoms with E-state index in [1.165, 1.54) is 0 Å². The molecule has 18 heavy (non-hydrogen) atoms. The smallest absolute Gasteiger partial charge is 0.330 e. The molecule has 0 bridgehead atoms. The normalized spacial score (nSPS) is 15.9. The molecule has 5 heteroatoms. The third-order valence-corrected chi connectivity index (χ3v) is 2.67. The molecule has 3 N–H and O–H groups in total. The van der Waals surface area contributed by atoms with Crippen molar-refractivity contribution in [3.8, 4) is 0 Å². The Balaban J connectivity index is 2.79. The van der Waals surface area contributed by atoms with Gasteiger partial charge in [0.2, 0.25) is 0 Å². The summed E-state index contributed by atoms with van der Waals surface area (Å²) >= 11 is 0. The van der Waals surface area contributed by atoms with Gasteiger partial charge in [-0.3, -0.25) is 0 Å². The summed E-state index contributed by atoms with van der Waals surface area (Å²) in [5.41, 5.74) is 4.92. The van der Waals surface area contributed by atoms with Crippen LogP contribution < -0.4 is 5.73 Å². The van der Waals surface area contributed by atoms with Crippen LogP contribution >= 0.6 is 0 Å². The van der Waals surface area contributed by atoms with Gasteiger partial charge in [-0.1, -0.05) is 30.3 Å². The highest BCUT2D eigenvalue weighted by atomic mass is 16.5. The Morgan fingerprint density at radius 1 is 1.44 bits per heavy atom. The van der Waals surface area contributed by atoms with Crippen molar-refractivity contribution in [3.05, 3.63) is 35.9 Å². The summed E-state index contributed by atoms with van der Waals surface area (Å²) in [5.74, 6) is -1.11. The fourth-order valence-corrected chi connectivity index (χ4v) is 1.56. The number of carbonyl (C=O) groups is 1. The third-order valence-electron chi connectivity index (χ3n) is 2.67. The van der Waals surface area contributed by atoms with Crippen molar-refractivity contribution >= 4 is 5.97 Å². The maximum absolute atomic E-state index is 11.4. The molecule has 0 saturated carbocycles. The molecule has 0 heterocycles. The van der Waals surface area contributed by atoms with Crippen LogP contribution in [0.2, 0.25) is 0 Å². The van der Waals surface area contributed by atoms with Gasteiger partial charge in [-0.15, -0.1) is 0 Å². The average Bonchev–Trinajstić information content (AvgIpc) is 2.37. The molecule has 0 aliphatic carbocycles. The van der Waals surface area contributed by atoms with E-state index in [2.05, 4.69) is 0 Å². The Morgan fingerprint density at radius 2 is 2.06 bits per heavy atom. The molecule has 0 aliphatic rings. The van der Waals surface area contributed by atoms with Crippen molar-refractivity contribution in [2.75, 3.05) is 20.3 Å². The molecule has 0 spiro atoms. The van der Waals surface area contributed by atoms with Crippen LogP contribution in [-0.2, 0) is 19.8 Å². The highest BCUT2D eigenvalue weighted by molar-refractivity contribution is 5.80. The van der Waals surface area contributed by atoms with E-state index in [0.717, 1.165) is 0 Å². The van der Waals surface area contributed by atoms with Gasteiger partial charge in [-0.05, 0) is 12.5 Å². The number of hydrogen-bond acceptors (Lipinski definition) is 4. The van der Waals surface area contributed by atoms with E-state index in [1.807, 2.05) is 0 Å². The molecule has 5 nitrogen and oxygen atoms in total. The predicted octanol–water partition coefficient (Wildman–Crippen LogP) is 0.977. The quantitative estimate of drug-likeness (QED) is 0.757. The zero-order valence-corrected chi connectivity index (χ0v) is 10.6. The minimum absolute atomic E-state index is 0.100. The highest BCUT2D eigenvalue weighted by Crippen LogP contribution is 2.19. The maximum atomic E-state index is 11.4. The second-order valence-electron chi connectivity index (χ2n) is 4.22. The van der Waals surface area contributed by atoms with Gasteiger partial charge in [0, 0.05) is 7.11 Å². The average molecular weight is 253 g/mol. The van der Waals surface area contributed by atoms with Gasteiger partial charge in [0.25, 0.3) is 0 Å². The standard InChI is InChI=1S/C13H19NO4/c1-10(8-17-2)18-9-13(14,12(15)16)11-6-4-3-5-7-11/h3-7,10H,8-9,14H2,1-2H3,(H,15,16). The van der Waals surface area contributed by atoms with Crippen molar-refractivity contribution in [1.29, 1.82) is 0 Å². The molecule has 0 aromatic heterocycles. The Hall–Kier alpha value is -1.43. The van der Waals surface area contributed by atoms with Crippen LogP contribution in [0.3, 0.4) is 0 Å². The number of methoxy groups -OCH3 is 1. The minimum atomic E-state index is -1.54. The molecule has 100 valence electrons. The van der Waals surface area contributed by atoms with Crippen molar-refractivity contribution in [1.82, 2.24) is 0 Å². The summed E-state index contributed by atoms with van der Waals surface area (Å²) in [5, 5.41) is 9.29. The molecule has 1 aromatic rings. The van der Waals surface area contributed by atoms with E-state index in [0.29, 0.717) is 12.2 Å². The lowest BCUT2D eigenvalue weighted by atomic mass is 9.92. The summed E-state index contributed by atoms with van der Waals surface area (Å²) in [6.45, 7) is 2.10. The number of hydrogen-bond donors (Lipinski definition) is 2. The first-order valence-electron chi connectivity index (χ1n) is 5.69. The molecule has 0 aliphatic heterocycles. The van der Waals surface area contributed by atoms with E-state index in [1.54, 1.807) is 44.4 Å². The molecular weight excluding hydrogens is 234 g/mol. The van der Waals surface area contributed by atoms with Crippen LogP contribution in [0, 0.1) is 0 Å². The van der Waals surface area contributed by atoms with Crippen LogP contribution in [0.1, 0.15) is 12.5 Å². The number of benzene rings is 1. The first-order valence-corrected chi connectivity index (χ1v) is 5.69. The number of nitrogens with two attached hydrogens (primary N) is 1. The zero-order valence-electron chi connectivity index (χ0n) is 10.6. The molecule has 1 rings (SSSR count). The lowest BCUT2D eigenvalue weighted by Gasteiger charge is -2.26. The van der Waals surface area contributed by atoms with Gasteiger partial charge in [0.05, 0.1) is 19.3 Å². The van der Waals surface area contributed by atoms with E-state index >= 15 is 0 Å². The zero-order chi connectivity index (χ0) is 13.6. The van der Waals surface area contributed by atoms with Crippen molar-refractivity contribution < 1.29 is 19.4 Å². The van der Waals surface area contributed by atoms with Crippen LogP contribution in [-0.4, -0.2) is 37.5 Å². The van der Waals surface area contributed by atoms with Crippen molar-refractivity contribution in [2.24, 2.45) is 5.73 Å². The number of aliphatic carboxylic acids is 1. The number of carboxylic acid groups (broad SMARTS) is 1. The predicted molar refractivity (Wildman–Crippen MR) is 67.2 cm³/mol. The van der Waals surface area contributed by atoms with E-state index in [9.17, 15) is 9.90 Å². The fraction of sp³-hybridized carbons (Fsp3) is 0.462. The number of carboxylic acids is 1. The SMILES string of the molecule is COCC(C)OCC(N)(C(=O)O)c1ccccc1. The maximum Gasteiger partial charge on any atom is 0.330 e. The van der Waals surface area contributed by atoms with Crippen molar-refractivity contribution in [3.63, 3.8) is 0 Å². The van der Waals surface area contributed by atoms with Gasteiger partial charge in [-0.2, -0.15) is 0 Å². The minimum Gasteiger partial charge on any atom is -0.480 e. The lowest BCUT2D eigenvalue weighted by molar-refractivity contribution is -0.147. The third kappa shape index (κ3) is 3.53. The summed E-state index contributed by atoms with van der Waals surface area (Å²) < 4.78 is 10.4. The number of rotatable bonds is 7. The monoisotopic (exact) mass is 253 g/mol. The largest absolute Gasteiger partial charge is 0.480 e. The van der Waals surface area contributed by atoms with Crippen molar-refractivity contribution in [2.45, 2.75) is 18.6 Å². The van der Waals surface area contributed by atoms with Gasteiger partial charge >= 0.3 is 5.97 Å². The van der Waals surface area contributed by atoms with Crippen LogP contribution in [0.4, 0.5) is 0 Å². The second-order valence-corrected chi connectivity index (χ2v) is 4.22. The summed E-state index contributed by atoms with van der Waals surface area (Å²) in [6.07, 6.45) is -0.207. The Kier molecular flexibility index (Phi) is 5.27. The lowest BCUT2D eigenvalue weighted by Crippen LogP contribution is -2.49. The molecular formula is C13H19NO4. The van der Waals surface area contributed by atoms with Gasteiger partial charge in [0.15, 0.2) is 5.54 Å². The fourth-order valence-electron chi connectivity index (χ4n) is 1.56. The van der Waals surface area contributed by atoms with Gasteiger partial charge < -0.3 is 20.3 Å². The Labute approximate surface area is 107 Å². The molecule has 0 fully saturated rings. The molecule has 0 radical (unpaired) electrons. The van der Waals surface area contributed by atoms with E-state index in [-0.39, 0.29) is 12.7 Å². The summed E-state index contributed by atoms with van der Waals surface area (Å²) in [4.78, 5) is 11.4. The molecule has 2 unspecified atom stereocenters. The van der Waals surface area contributed by atoms with Gasteiger partial charge in [-0.25, -0.2) is 4.79 Å². The topological polar surface area (TPSA) is 81.8 Å². The van der Waals surface area contributed by atoms with Gasteiger partial charge in [0.1, 0.15) is 0 Å². The second kappa shape index (κ2) is 6.49. The first kappa shape index (κ1) is 14.6. The van der Waals surface area contributed by atoms with E-state index in [4.69, 9.17) is 15.2 Å². The summed E-state index contributed by atoms with van der Waals surface area (Å²) in [7, 11) is 1.56. The molecule has 0 amide bonds. The Bertz CT molecular complexity index is 382. The molecule has 2 atom stereocenters. The van der Waals surface area contributed by atoms with Crippen LogP contribution in [0.25, 0.3) is 0 Å².